The van der Waals surface area contributed by atoms with E-state index in [1.54, 1.807) is 19.2 Å². The lowest BCUT2D eigenvalue weighted by Gasteiger charge is -2.34. The molecule has 0 aliphatic heterocycles. The van der Waals surface area contributed by atoms with Gasteiger partial charge in [-0.05, 0) is 108 Å². The van der Waals surface area contributed by atoms with Crippen LogP contribution in [-0.4, -0.2) is 115 Å². The maximum atomic E-state index is 15.5. The highest BCUT2D eigenvalue weighted by Crippen LogP contribution is 2.45. The minimum atomic E-state index is -0.789. The fourth-order valence-electron chi connectivity index (χ4n) is 10.0. The lowest BCUT2D eigenvalue weighted by molar-refractivity contribution is -0.907. The van der Waals surface area contributed by atoms with E-state index < -0.39 is 5.97 Å². The summed E-state index contributed by atoms with van der Waals surface area (Å²) in [5, 5.41) is 27.2. The molecule has 3 amide bonds. The summed E-state index contributed by atoms with van der Waals surface area (Å²) in [4.78, 5) is 48.8. The first-order chi connectivity index (χ1) is 36.6. The predicted octanol–water partition coefficient (Wildman–Crippen LogP) is 8.24. The lowest BCUT2D eigenvalue weighted by atomic mass is 9.82. The maximum absolute atomic E-state index is 15.5. The smallest absolute Gasteiger partial charge is 0.303 e. The van der Waals surface area contributed by atoms with Crippen molar-refractivity contribution >= 4 is 23.7 Å². The van der Waals surface area contributed by atoms with E-state index in [1.807, 2.05) is 48.1 Å². The zero-order chi connectivity index (χ0) is 54.8. The van der Waals surface area contributed by atoms with Crippen molar-refractivity contribution in [1.82, 2.24) is 30.9 Å². The van der Waals surface area contributed by atoms with E-state index in [-0.39, 0.29) is 41.3 Å². The van der Waals surface area contributed by atoms with Gasteiger partial charge in [-0.3, -0.25) is 23.9 Å². The van der Waals surface area contributed by atoms with Gasteiger partial charge in [-0.15, -0.1) is 5.10 Å². The van der Waals surface area contributed by atoms with Crippen LogP contribution in [0.5, 0.6) is 11.5 Å². The average Bonchev–Trinajstić information content (AvgIpc) is 4.15. The Balaban J connectivity index is 0.992. The van der Waals surface area contributed by atoms with Crippen molar-refractivity contribution in [2.75, 3.05) is 66.5 Å². The minimum absolute atomic E-state index is 0.0222. The molecule has 3 aromatic carbocycles. The van der Waals surface area contributed by atoms with E-state index in [1.165, 1.54) is 38.2 Å². The van der Waals surface area contributed by atoms with Crippen LogP contribution in [0.3, 0.4) is 0 Å². The largest absolute Gasteiger partial charge is 0.497 e. The summed E-state index contributed by atoms with van der Waals surface area (Å²) >= 11 is 0. The Morgan fingerprint density at radius 3 is 2.04 bits per heavy atom. The van der Waals surface area contributed by atoms with Gasteiger partial charge in [0.2, 0.25) is 17.7 Å². The van der Waals surface area contributed by atoms with Gasteiger partial charge in [0, 0.05) is 50.9 Å². The number of rotatable bonds is 39. The SMILES string of the molecule is COc1ccc(F)c(-c2ccc(COc3cccc([C@@H](CC(=O)O)C4CC4)c3)cc2CC(C)(C)Cn2cc(CCCCCCCCCCCCC(=O)NCC[N+](C)(CCC(=O)NCCN)CCC(=O)NCCN)nn2)c1. The first kappa shape index (κ1) is 60.9. The van der Waals surface area contributed by atoms with Crippen LogP contribution in [0.1, 0.15) is 145 Å². The molecule has 8 N–H and O–H groups in total. The lowest BCUT2D eigenvalue weighted by Crippen LogP contribution is -2.52. The number of benzene rings is 3. The molecule has 0 bridgehead atoms. The first-order valence-corrected chi connectivity index (χ1v) is 27.9. The van der Waals surface area contributed by atoms with Crippen LogP contribution >= 0.6 is 0 Å². The van der Waals surface area contributed by atoms with Gasteiger partial charge in [0.15, 0.2) is 0 Å². The molecule has 1 saturated carbocycles. The topological polar surface area (TPSA) is 226 Å². The highest BCUT2D eigenvalue weighted by atomic mass is 19.1. The minimum Gasteiger partial charge on any atom is -0.497 e. The third-order valence-electron chi connectivity index (χ3n) is 14.5. The number of likely N-dealkylation sites (N-methyl/N-ethyl adjacent to an activating group) is 1. The van der Waals surface area contributed by atoms with Gasteiger partial charge >= 0.3 is 5.97 Å². The number of aryl methyl sites for hydroxylation is 1. The van der Waals surface area contributed by atoms with Crippen LogP contribution < -0.4 is 36.9 Å². The predicted molar refractivity (Wildman–Crippen MR) is 296 cm³/mol. The number of aromatic nitrogens is 3. The number of methoxy groups -OCH3 is 1. The second kappa shape index (κ2) is 32.0. The highest BCUT2D eigenvalue weighted by Gasteiger charge is 2.34. The molecule has 0 saturated heterocycles. The zero-order valence-electron chi connectivity index (χ0n) is 46.0. The summed E-state index contributed by atoms with van der Waals surface area (Å²) in [5.41, 5.74) is 15.9. The van der Waals surface area contributed by atoms with E-state index in [0.717, 1.165) is 79.3 Å². The second-order valence-corrected chi connectivity index (χ2v) is 21.9. The number of hydrogen-bond acceptors (Lipinski definition) is 10. The van der Waals surface area contributed by atoms with Crippen molar-refractivity contribution in [3.8, 4) is 22.6 Å². The number of amides is 3. The Morgan fingerprint density at radius 1 is 0.776 bits per heavy atom. The molecular weight excluding hydrogens is 966 g/mol. The number of aliphatic carboxylic acids is 1. The third kappa shape index (κ3) is 22.4. The van der Waals surface area contributed by atoms with Crippen molar-refractivity contribution in [2.24, 2.45) is 22.8 Å². The Hall–Kier alpha value is -5.91. The molecule has 0 spiro atoms. The number of carboxylic acid groups (broad SMARTS) is 1. The molecule has 4 aromatic rings. The van der Waals surface area contributed by atoms with E-state index in [9.17, 15) is 24.3 Å². The molecule has 418 valence electrons. The van der Waals surface area contributed by atoms with E-state index in [2.05, 4.69) is 52.4 Å². The van der Waals surface area contributed by atoms with Gasteiger partial charge < -0.3 is 46.5 Å². The van der Waals surface area contributed by atoms with E-state index >= 15 is 4.39 Å². The molecular formula is C59H89FN9O7+. The quantitative estimate of drug-likeness (QED) is 0.0184. The van der Waals surface area contributed by atoms with Crippen molar-refractivity contribution in [3.05, 3.63) is 95.1 Å². The normalized spacial score (nSPS) is 13.0. The molecule has 1 aliphatic rings. The Morgan fingerprint density at radius 2 is 1.41 bits per heavy atom. The number of carbonyl (C=O) groups is 4. The number of quaternary nitrogens is 1. The number of nitrogens with one attached hydrogen (secondary N) is 3. The highest BCUT2D eigenvalue weighted by molar-refractivity contribution is 5.77. The molecule has 1 atom stereocenters. The molecule has 17 heteroatoms. The van der Waals surface area contributed by atoms with Crippen molar-refractivity contribution in [1.29, 1.82) is 0 Å². The number of carboxylic acids is 1. The number of carbonyl (C=O) groups excluding carboxylic acids is 3. The number of hydrogen-bond donors (Lipinski definition) is 6. The van der Waals surface area contributed by atoms with Crippen LogP contribution in [0.4, 0.5) is 4.39 Å². The van der Waals surface area contributed by atoms with Gasteiger partial charge in [0.05, 0.1) is 65.3 Å². The van der Waals surface area contributed by atoms with Crippen molar-refractivity contribution in [3.63, 3.8) is 0 Å². The summed E-state index contributed by atoms with van der Waals surface area (Å²) in [6.45, 7) is 9.14. The van der Waals surface area contributed by atoms with Gasteiger partial charge in [-0.2, -0.15) is 0 Å². The number of unbranched alkanes of at least 4 members (excludes halogenated alkanes) is 9. The van der Waals surface area contributed by atoms with Crippen LogP contribution in [0.15, 0.2) is 66.9 Å². The van der Waals surface area contributed by atoms with Gasteiger partial charge in [-0.1, -0.05) is 101 Å². The summed E-state index contributed by atoms with van der Waals surface area (Å²) in [7, 11) is 3.60. The monoisotopic (exact) mass is 1050 g/mol. The molecule has 5 rings (SSSR count). The van der Waals surface area contributed by atoms with Crippen LogP contribution in [0.25, 0.3) is 11.1 Å². The second-order valence-electron chi connectivity index (χ2n) is 21.9. The van der Waals surface area contributed by atoms with Crippen LogP contribution in [0, 0.1) is 17.2 Å². The van der Waals surface area contributed by atoms with Crippen molar-refractivity contribution < 1.29 is 42.6 Å². The van der Waals surface area contributed by atoms with Crippen molar-refractivity contribution in [2.45, 2.75) is 148 Å². The molecule has 1 aromatic heterocycles. The number of nitrogens with two attached hydrogens (primary N) is 2. The van der Waals surface area contributed by atoms with Crippen LogP contribution in [-0.2, 0) is 45.2 Å². The molecule has 16 nitrogen and oxygen atoms in total. The third-order valence-corrected chi connectivity index (χ3v) is 14.5. The van der Waals surface area contributed by atoms with Gasteiger partial charge in [0.25, 0.3) is 0 Å². The maximum Gasteiger partial charge on any atom is 0.303 e. The molecule has 0 radical (unpaired) electrons. The Labute approximate surface area is 451 Å². The zero-order valence-corrected chi connectivity index (χ0v) is 46.0. The molecule has 1 heterocycles. The summed E-state index contributed by atoms with van der Waals surface area (Å²) in [6, 6.07) is 18.7. The van der Waals surface area contributed by atoms with E-state index in [4.69, 9.17) is 20.9 Å². The fraction of sp³-hybridized carbons (Fsp3) is 0.593. The summed E-state index contributed by atoms with van der Waals surface area (Å²) in [5.74, 6) is 0.430. The summed E-state index contributed by atoms with van der Waals surface area (Å²) < 4.78 is 29.7. The van der Waals surface area contributed by atoms with Gasteiger partial charge in [0.1, 0.15) is 23.9 Å². The Kier molecular flexibility index (Phi) is 25.6. The van der Waals surface area contributed by atoms with Crippen LogP contribution in [0.2, 0.25) is 0 Å². The molecule has 1 aliphatic carbocycles. The number of halogens is 1. The average molecular weight is 1060 g/mol. The Bertz CT molecular complexity index is 2400. The van der Waals surface area contributed by atoms with E-state index in [0.29, 0.717) is 119 Å². The number of ether oxygens (including phenoxy) is 2. The summed E-state index contributed by atoms with van der Waals surface area (Å²) in [6.07, 6.45) is 18.1. The molecule has 76 heavy (non-hydrogen) atoms. The molecule has 0 unspecified atom stereocenters. The first-order valence-electron chi connectivity index (χ1n) is 27.9. The fourth-order valence-corrected chi connectivity index (χ4v) is 10.0. The molecule has 1 fully saturated rings. The van der Waals surface area contributed by atoms with Gasteiger partial charge in [-0.25, -0.2) is 4.39 Å². The number of nitrogens with zero attached hydrogens (tertiary/aromatic N) is 4. The standard InChI is InChI=1S/C59H88FN9O7/c1-59(2,40-47-36-44(20-24-51(47)53-38-49(75-4)23-25-54(53)60)42-76-50-18-15-16-46(37-50)52(39-58(73)74)45-21-22-45)43-68-41-48(66-67-68)17-13-11-9-7-5-6-8-10-12-14-19-55(70)65-32-35-69(3,33-26-56(71)63-30-28-61)34-27-57(72)64-31-29-62/h15-16,18,20,23-25,36-38,41,45,52H,5-14,17,19,21-22,26-35,39-40,42-43,61-62H2,1-4H3,(H3-,63,64,65,70,71,72,73,74)/p+1/t52-/m0/s1.